The average Bonchev–Trinajstić information content (AvgIpc) is 3.25. The fraction of sp³-hybridized carbons (Fsp3) is 0.176. The van der Waals surface area contributed by atoms with Gasteiger partial charge < -0.3 is 14.5 Å². The molecule has 0 atom stereocenters. The molecule has 0 saturated heterocycles. The van der Waals surface area contributed by atoms with E-state index in [0.29, 0.717) is 18.9 Å². The highest BCUT2D eigenvalue weighted by molar-refractivity contribution is 7.13. The lowest BCUT2D eigenvalue weighted by molar-refractivity contribution is 0.0996. The summed E-state index contributed by atoms with van der Waals surface area (Å²) in [6.07, 6.45) is 1.47. The molecular weight excluding hydrogens is 312 g/mol. The van der Waals surface area contributed by atoms with Crippen molar-refractivity contribution in [1.82, 2.24) is 4.98 Å². The van der Waals surface area contributed by atoms with Gasteiger partial charge in [0.2, 0.25) is 0 Å². The van der Waals surface area contributed by atoms with Crippen LogP contribution in [0.3, 0.4) is 0 Å². The van der Waals surface area contributed by atoms with Crippen LogP contribution in [0, 0.1) is 0 Å². The Morgan fingerprint density at radius 2 is 2.13 bits per heavy atom. The number of hydrogen-bond acceptors (Lipinski definition) is 5. The zero-order valence-electron chi connectivity index (χ0n) is 12.6. The van der Waals surface area contributed by atoms with Gasteiger partial charge in [0.15, 0.2) is 5.76 Å². The number of anilines is 1. The molecule has 6 heteroatoms. The Kier molecular flexibility index (Phi) is 4.85. The second kappa shape index (κ2) is 7.21. The largest absolute Gasteiger partial charge is 0.459 e. The highest BCUT2D eigenvalue weighted by atomic mass is 32.1. The highest BCUT2D eigenvalue weighted by Crippen LogP contribution is 2.25. The first-order valence-electron chi connectivity index (χ1n) is 7.23. The number of hydrogen-bond donors (Lipinski definition) is 1. The van der Waals surface area contributed by atoms with Gasteiger partial charge in [0.25, 0.3) is 5.91 Å². The first kappa shape index (κ1) is 15.5. The predicted octanol–water partition coefficient (Wildman–Crippen LogP) is 4.19. The van der Waals surface area contributed by atoms with Gasteiger partial charge in [-0.2, -0.15) is 0 Å². The van der Waals surface area contributed by atoms with Gasteiger partial charge in [0.05, 0.1) is 18.6 Å². The van der Waals surface area contributed by atoms with E-state index in [4.69, 9.17) is 9.15 Å². The Morgan fingerprint density at radius 1 is 1.30 bits per heavy atom. The quantitative estimate of drug-likeness (QED) is 0.737. The van der Waals surface area contributed by atoms with E-state index in [1.165, 1.54) is 6.26 Å². The topological polar surface area (TPSA) is 64.4 Å². The number of carbonyl (C=O) groups excluding carboxylic acids is 1. The van der Waals surface area contributed by atoms with E-state index < -0.39 is 0 Å². The Morgan fingerprint density at radius 3 is 2.83 bits per heavy atom. The summed E-state index contributed by atoms with van der Waals surface area (Å²) in [7, 11) is 0. The fourth-order valence-electron chi connectivity index (χ4n) is 2.01. The predicted molar refractivity (Wildman–Crippen MR) is 89.5 cm³/mol. The Labute approximate surface area is 137 Å². The first-order valence-corrected chi connectivity index (χ1v) is 8.11. The summed E-state index contributed by atoms with van der Waals surface area (Å²) < 4.78 is 10.4. The maximum Gasteiger partial charge on any atom is 0.291 e. The third-order valence-electron chi connectivity index (χ3n) is 3.14. The van der Waals surface area contributed by atoms with Crippen LogP contribution < -0.4 is 5.32 Å². The molecule has 0 aliphatic carbocycles. The van der Waals surface area contributed by atoms with Crippen LogP contribution in [-0.2, 0) is 11.3 Å². The molecule has 0 bridgehead atoms. The molecule has 3 aromatic rings. The van der Waals surface area contributed by atoms with Crippen molar-refractivity contribution in [3.63, 3.8) is 0 Å². The normalized spacial score (nSPS) is 10.7. The molecule has 1 N–H and O–H groups in total. The second-order valence-corrected chi connectivity index (χ2v) is 5.65. The minimum Gasteiger partial charge on any atom is -0.459 e. The molecule has 0 saturated carbocycles. The van der Waals surface area contributed by atoms with Crippen LogP contribution in [-0.4, -0.2) is 17.5 Å². The minimum absolute atomic E-state index is 0.268. The van der Waals surface area contributed by atoms with E-state index >= 15 is 0 Å². The van der Waals surface area contributed by atoms with Crippen molar-refractivity contribution < 1.29 is 13.9 Å². The summed E-state index contributed by atoms with van der Waals surface area (Å²) >= 11 is 1.58. The Balaban J connectivity index is 1.67. The lowest BCUT2D eigenvalue weighted by Crippen LogP contribution is -2.10. The van der Waals surface area contributed by atoms with E-state index in [-0.39, 0.29) is 11.7 Å². The van der Waals surface area contributed by atoms with Gasteiger partial charge in [0, 0.05) is 23.2 Å². The van der Waals surface area contributed by atoms with Gasteiger partial charge in [-0.25, -0.2) is 4.98 Å². The van der Waals surface area contributed by atoms with Crippen LogP contribution in [0.4, 0.5) is 5.69 Å². The SMILES string of the molecule is CCOCc1csc(-c2ccc(NC(=O)c3ccco3)cc2)n1. The summed E-state index contributed by atoms with van der Waals surface area (Å²) in [5.41, 5.74) is 2.65. The van der Waals surface area contributed by atoms with Crippen LogP contribution in [0.2, 0.25) is 0 Å². The number of rotatable bonds is 6. The number of amides is 1. The standard InChI is InChI=1S/C17H16N2O3S/c1-2-21-10-14-11-23-17(19-14)12-5-7-13(8-6-12)18-16(20)15-4-3-9-22-15/h3-9,11H,2,10H2,1H3,(H,18,20). The van der Waals surface area contributed by atoms with Crippen molar-refractivity contribution >= 4 is 22.9 Å². The molecule has 2 heterocycles. The number of thiazole rings is 1. The highest BCUT2D eigenvalue weighted by Gasteiger charge is 2.09. The monoisotopic (exact) mass is 328 g/mol. The second-order valence-electron chi connectivity index (χ2n) is 4.79. The number of carbonyl (C=O) groups is 1. The first-order chi connectivity index (χ1) is 11.3. The van der Waals surface area contributed by atoms with Gasteiger partial charge in [-0.15, -0.1) is 11.3 Å². The molecule has 0 fully saturated rings. The van der Waals surface area contributed by atoms with Crippen LogP contribution in [0.5, 0.6) is 0 Å². The van der Waals surface area contributed by atoms with E-state index in [1.54, 1.807) is 23.5 Å². The molecule has 0 unspecified atom stereocenters. The molecule has 3 rings (SSSR count). The third kappa shape index (κ3) is 3.85. The zero-order valence-corrected chi connectivity index (χ0v) is 13.4. The molecule has 1 amide bonds. The average molecular weight is 328 g/mol. The number of furan rings is 1. The number of ether oxygens (including phenoxy) is 1. The Bertz CT molecular complexity index is 764. The number of nitrogens with one attached hydrogen (secondary N) is 1. The van der Waals surface area contributed by atoms with Crippen LogP contribution in [0.15, 0.2) is 52.5 Å². The van der Waals surface area contributed by atoms with Crippen molar-refractivity contribution in [2.75, 3.05) is 11.9 Å². The smallest absolute Gasteiger partial charge is 0.291 e. The molecular formula is C17H16N2O3S. The van der Waals surface area contributed by atoms with E-state index in [0.717, 1.165) is 16.3 Å². The number of benzene rings is 1. The van der Waals surface area contributed by atoms with Crippen molar-refractivity contribution in [3.05, 3.63) is 59.5 Å². The molecule has 118 valence electrons. The summed E-state index contributed by atoms with van der Waals surface area (Å²) in [6.45, 7) is 3.17. The molecule has 5 nitrogen and oxygen atoms in total. The molecule has 0 aliphatic heterocycles. The lowest BCUT2D eigenvalue weighted by atomic mass is 10.2. The van der Waals surface area contributed by atoms with E-state index in [2.05, 4.69) is 10.3 Å². The Hall–Kier alpha value is -2.44. The van der Waals surface area contributed by atoms with Crippen LogP contribution >= 0.6 is 11.3 Å². The summed E-state index contributed by atoms with van der Waals surface area (Å²) in [5.74, 6) is 0.0190. The van der Waals surface area contributed by atoms with Crippen molar-refractivity contribution in [1.29, 1.82) is 0 Å². The third-order valence-corrected chi connectivity index (χ3v) is 4.08. The van der Waals surface area contributed by atoms with Gasteiger partial charge in [-0.1, -0.05) is 0 Å². The van der Waals surface area contributed by atoms with Crippen molar-refractivity contribution in [3.8, 4) is 10.6 Å². The van der Waals surface area contributed by atoms with Gasteiger partial charge in [-0.05, 0) is 43.3 Å². The molecule has 1 aromatic carbocycles. The number of nitrogens with zero attached hydrogens (tertiary/aromatic N) is 1. The minimum atomic E-state index is -0.268. The molecule has 0 aliphatic rings. The van der Waals surface area contributed by atoms with E-state index in [9.17, 15) is 4.79 Å². The van der Waals surface area contributed by atoms with Gasteiger partial charge in [0.1, 0.15) is 5.01 Å². The van der Waals surface area contributed by atoms with Crippen LogP contribution in [0.1, 0.15) is 23.2 Å². The molecule has 0 radical (unpaired) electrons. The maximum absolute atomic E-state index is 11.9. The summed E-state index contributed by atoms with van der Waals surface area (Å²) in [4.78, 5) is 16.4. The summed E-state index contributed by atoms with van der Waals surface area (Å²) in [5, 5.41) is 5.72. The number of aromatic nitrogens is 1. The lowest BCUT2D eigenvalue weighted by Gasteiger charge is -2.04. The van der Waals surface area contributed by atoms with Gasteiger partial charge >= 0.3 is 0 Å². The molecule has 2 aromatic heterocycles. The molecule has 0 spiro atoms. The maximum atomic E-state index is 11.9. The van der Waals surface area contributed by atoms with Gasteiger partial charge in [-0.3, -0.25) is 4.79 Å². The fourth-order valence-corrected chi connectivity index (χ4v) is 2.82. The summed E-state index contributed by atoms with van der Waals surface area (Å²) in [6, 6.07) is 10.9. The van der Waals surface area contributed by atoms with Crippen molar-refractivity contribution in [2.24, 2.45) is 0 Å². The van der Waals surface area contributed by atoms with E-state index in [1.807, 2.05) is 36.6 Å². The van der Waals surface area contributed by atoms with Crippen molar-refractivity contribution in [2.45, 2.75) is 13.5 Å². The zero-order chi connectivity index (χ0) is 16.1. The van der Waals surface area contributed by atoms with Crippen LogP contribution in [0.25, 0.3) is 10.6 Å². The molecule has 23 heavy (non-hydrogen) atoms.